The molecule has 0 spiro atoms. The maximum atomic E-state index is 11.4. The van der Waals surface area contributed by atoms with E-state index in [0.717, 1.165) is 42.9 Å². The number of thiophene rings is 1. The van der Waals surface area contributed by atoms with Crippen LogP contribution in [-0.2, 0) is 4.74 Å². The van der Waals surface area contributed by atoms with Gasteiger partial charge in [0, 0.05) is 31.8 Å². The van der Waals surface area contributed by atoms with E-state index in [2.05, 4.69) is 33.1 Å². The Bertz CT molecular complexity index is 635. The van der Waals surface area contributed by atoms with Crippen molar-refractivity contribution in [1.29, 1.82) is 0 Å². The molecule has 0 radical (unpaired) electrons. The second-order valence-electron chi connectivity index (χ2n) is 7.31. The number of carbonyl (C=O) groups is 1. The molecule has 5 nitrogen and oxygen atoms in total. The molecule has 7 heteroatoms. The Kier molecular flexibility index (Phi) is 5.78. The summed E-state index contributed by atoms with van der Waals surface area (Å²) < 4.78 is 6.09. The predicted octanol–water partition coefficient (Wildman–Crippen LogP) is 4.35. The van der Waals surface area contributed by atoms with Crippen LogP contribution in [0.2, 0.25) is 0 Å². The number of anilines is 1. The minimum atomic E-state index is -0.867. The van der Waals surface area contributed by atoms with E-state index in [-0.39, 0.29) is 5.54 Å². The second-order valence-corrected chi connectivity index (χ2v) is 9.65. The monoisotopic (exact) mass is 430 g/mol. The lowest BCUT2D eigenvalue weighted by Gasteiger charge is -2.49. The summed E-state index contributed by atoms with van der Waals surface area (Å²) in [4.78, 5) is 14.0. The molecule has 0 aromatic carbocycles. The van der Waals surface area contributed by atoms with Crippen molar-refractivity contribution >= 4 is 38.2 Å². The van der Waals surface area contributed by atoms with Crippen LogP contribution in [0.3, 0.4) is 0 Å². The van der Waals surface area contributed by atoms with Gasteiger partial charge < -0.3 is 15.2 Å². The van der Waals surface area contributed by atoms with Gasteiger partial charge in [0.25, 0.3) is 0 Å². The van der Waals surface area contributed by atoms with Crippen LogP contribution in [0.25, 0.3) is 0 Å². The lowest BCUT2D eigenvalue weighted by atomic mass is 9.76. The summed E-state index contributed by atoms with van der Waals surface area (Å²) in [6.07, 6.45) is 6.09. The first-order chi connectivity index (χ1) is 11.9. The van der Waals surface area contributed by atoms with Crippen molar-refractivity contribution in [1.82, 2.24) is 4.90 Å². The first kappa shape index (κ1) is 19.1. The van der Waals surface area contributed by atoms with E-state index in [1.165, 1.54) is 24.2 Å². The van der Waals surface area contributed by atoms with Gasteiger partial charge in [0.15, 0.2) is 0 Å². The van der Waals surface area contributed by atoms with Gasteiger partial charge in [-0.25, -0.2) is 4.79 Å². The molecule has 0 unspecified atom stereocenters. The standard InChI is InChI=1S/C18H27BrN2O3S/c1-4-18(20-16-11(2)14(17(22)23)15(19)25-16)7-5-12(6-8-18)21-9-13(10-21)24-3/h12-13,20H,4-10H2,1-3H3,(H,22,23)/t12-,18+. The number of methoxy groups -OCH3 is 1. The van der Waals surface area contributed by atoms with Gasteiger partial charge >= 0.3 is 5.97 Å². The van der Waals surface area contributed by atoms with Crippen LogP contribution in [0.15, 0.2) is 3.79 Å². The van der Waals surface area contributed by atoms with Crippen LogP contribution < -0.4 is 5.32 Å². The van der Waals surface area contributed by atoms with E-state index in [4.69, 9.17) is 4.74 Å². The molecule has 1 aliphatic heterocycles. The lowest BCUT2D eigenvalue weighted by Crippen LogP contribution is -2.58. The van der Waals surface area contributed by atoms with E-state index in [1.54, 1.807) is 7.11 Å². The van der Waals surface area contributed by atoms with Gasteiger partial charge in [-0.05, 0) is 60.5 Å². The zero-order valence-corrected chi connectivity index (χ0v) is 17.5. The summed E-state index contributed by atoms with van der Waals surface area (Å²) in [5.74, 6) is -0.867. The summed E-state index contributed by atoms with van der Waals surface area (Å²) in [5, 5.41) is 14.1. The first-order valence-electron chi connectivity index (χ1n) is 8.96. The molecule has 1 aromatic rings. The fourth-order valence-electron chi connectivity index (χ4n) is 4.09. The highest BCUT2D eigenvalue weighted by Gasteiger charge is 2.40. The minimum Gasteiger partial charge on any atom is -0.478 e. The molecule has 1 aliphatic carbocycles. The van der Waals surface area contributed by atoms with Crippen molar-refractivity contribution in [2.75, 3.05) is 25.5 Å². The SMILES string of the molecule is CC[C@]1(Nc2sc(Br)c(C(=O)O)c2C)CC[C@@H](N2CC(OC)C2)CC1. The van der Waals surface area contributed by atoms with E-state index < -0.39 is 5.97 Å². The first-order valence-corrected chi connectivity index (χ1v) is 10.6. The second kappa shape index (κ2) is 7.55. The predicted molar refractivity (Wildman–Crippen MR) is 105 cm³/mol. The number of rotatable bonds is 6. The van der Waals surface area contributed by atoms with Crippen LogP contribution in [0.4, 0.5) is 5.00 Å². The Hall–Kier alpha value is -0.630. The van der Waals surface area contributed by atoms with Crippen molar-refractivity contribution in [3.8, 4) is 0 Å². The molecule has 2 fully saturated rings. The third-order valence-electron chi connectivity index (χ3n) is 6.01. The Morgan fingerprint density at radius 3 is 2.56 bits per heavy atom. The molecular weight excluding hydrogens is 404 g/mol. The topological polar surface area (TPSA) is 61.8 Å². The summed E-state index contributed by atoms with van der Waals surface area (Å²) >= 11 is 4.91. The summed E-state index contributed by atoms with van der Waals surface area (Å²) in [7, 11) is 1.79. The van der Waals surface area contributed by atoms with Crippen LogP contribution in [0.5, 0.6) is 0 Å². The molecule has 0 atom stereocenters. The van der Waals surface area contributed by atoms with Crippen LogP contribution in [0, 0.1) is 6.92 Å². The molecule has 25 heavy (non-hydrogen) atoms. The summed E-state index contributed by atoms with van der Waals surface area (Å²) in [6, 6.07) is 0.665. The largest absolute Gasteiger partial charge is 0.478 e. The highest BCUT2D eigenvalue weighted by Crippen LogP contribution is 2.43. The van der Waals surface area contributed by atoms with Crippen LogP contribution >= 0.6 is 27.3 Å². The molecule has 0 amide bonds. The summed E-state index contributed by atoms with van der Waals surface area (Å²) in [5.41, 5.74) is 1.30. The van der Waals surface area contributed by atoms with Crippen molar-refractivity contribution < 1.29 is 14.6 Å². The van der Waals surface area contributed by atoms with Crippen molar-refractivity contribution in [2.45, 2.75) is 63.6 Å². The Morgan fingerprint density at radius 1 is 1.44 bits per heavy atom. The lowest BCUT2D eigenvalue weighted by molar-refractivity contribution is -0.0600. The Morgan fingerprint density at radius 2 is 2.08 bits per heavy atom. The van der Waals surface area contributed by atoms with Crippen molar-refractivity contribution in [3.05, 3.63) is 14.9 Å². The number of hydrogen-bond donors (Lipinski definition) is 2. The van der Waals surface area contributed by atoms with E-state index >= 15 is 0 Å². The van der Waals surface area contributed by atoms with Gasteiger partial charge in [-0.1, -0.05) is 6.92 Å². The van der Waals surface area contributed by atoms with Crippen molar-refractivity contribution in [3.63, 3.8) is 0 Å². The molecule has 2 N–H and O–H groups in total. The number of hydrogen-bond acceptors (Lipinski definition) is 5. The van der Waals surface area contributed by atoms with Gasteiger partial charge in [-0.3, -0.25) is 4.90 Å². The number of likely N-dealkylation sites (tertiary alicyclic amines) is 1. The van der Waals surface area contributed by atoms with Gasteiger partial charge in [-0.2, -0.15) is 0 Å². The average Bonchev–Trinajstić information content (AvgIpc) is 2.82. The maximum Gasteiger partial charge on any atom is 0.338 e. The minimum absolute atomic E-state index is 0.0762. The Balaban J connectivity index is 1.65. The quantitative estimate of drug-likeness (QED) is 0.701. The smallest absolute Gasteiger partial charge is 0.338 e. The number of carboxylic acids is 1. The van der Waals surface area contributed by atoms with Crippen molar-refractivity contribution in [2.24, 2.45) is 0 Å². The number of aromatic carboxylic acids is 1. The molecule has 2 heterocycles. The highest BCUT2D eigenvalue weighted by atomic mass is 79.9. The summed E-state index contributed by atoms with van der Waals surface area (Å²) in [6.45, 7) is 6.25. The zero-order chi connectivity index (χ0) is 18.2. The van der Waals surface area contributed by atoms with Gasteiger partial charge in [0.05, 0.1) is 20.5 Å². The van der Waals surface area contributed by atoms with E-state index in [0.29, 0.717) is 21.5 Å². The zero-order valence-electron chi connectivity index (χ0n) is 15.1. The van der Waals surface area contributed by atoms with E-state index in [1.807, 2.05) is 6.92 Å². The normalized spacial score (nSPS) is 27.9. The van der Waals surface area contributed by atoms with Crippen LogP contribution in [-0.4, -0.2) is 53.9 Å². The van der Waals surface area contributed by atoms with Gasteiger partial charge in [0.1, 0.15) is 0 Å². The molecule has 1 saturated carbocycles. The number of ether oxygens (including phenoxy) is 1. The molecule has 0 bridgehead atoms. The molecule has 140 valence electrons. The van der Waals surface area contributed by atoms with E-state index in [9.17, 15) is 9.90 Å². The average molecular weight is 431 g/mol. The van der Waals surface area contributed by atoms with Crippen LogP contribution in [0.1, 0.15) is 54.9 Å². The molecule has 1 saturated heterocycles. The number of halogens is 1. The third kappa shape index (κ3) is 3.75. The Labute approximate surface area is 161 Å². The number of nitrogens with zero attached hydrogens (tertiary/aromatic N) is 1. The molecule has 1 aromatic heterocycles. The maximum absolute atomic E-state index is 11.4. The van der Waals surface area contributed by atoms with Gasteiger partial charge in [0.2, 0.25) is 0 Å². The van der Waals surface area contributed by atoms with Gasteiger partial charge in [-0.15, -0.1) is 11.3 Å². The number of nitrogens with one attached hydrogen (secondary N) is 1. The fourth-order valence-corrected chi connectivity index (χ4v) is 6.08. The molecule has 3 rings (SSSR count). The fraction of sp³-hybridized carbons (Fsp3) is 0.722. The number of carboxylic acid groups (broad SMARTS) is 1. The highest BCUT2D eigenvalue weighted by molar-refractivity contribution is 9.11. The molecule has 2 aliphatic rings. The molecular formula is C18H27BrN2O3S. The third-order valence-corrected chi connectivity index (χ3v) is 7.89.